The molecule has 0 unspecified atom stereocenters. The summed E-state index contributed by atoms with van der Waals surface area (Å²) in [6.07, 6.45) is 3.32. The second-order valence-corrected chi connectivity index (χ2v) is 0.812. The van der Waals surface area contributed by atoms with Crippen molar-refractivity contribution < 1.29 is 2.85 Å². The van der Waals surface area contributed by atoms with Crippen LogP contribution in [0.15, 0.2) is 9.98 Å². The molecular weight excluding hydrogens is 201 g/mol. The first-order chi connectivity index (χ1) is 2.50. The number of aliphatic imine (C=N–C) groups is 2. The van der Waals surface area contributed by atoms with Crippen LogP contribution in [-0.4, -0.2) is 68.0 Å². The normalized spacial score (nSPS) is 14.7. The number of nitrogens with zero attached hydrogens (tertiary/aromatic N) is 2. The third-order valence-electron chi connectivity index (χ3n) is 0.441. The third-order valence-corrected chi connectivity index (χ3v) is 0.441. The first-order valence-electron chi connectivity index (χ1n) is 1.50. The average molecular weight is 207 g/mol. The summed E-state index contributed by atoms with van der Waals surface area (Å²) in [7, 11) is 0. The molecule has 1 aliphatic heterocycles. The van der Waals surface area contributed by atoms with Gasteiger partial charge in [-0.2, -0.15) is 0 Å². The van der Waals surface area contributed by atoms with Crippen molar-refractivity contribution in [2.75, 3.05) is 6.54 Å². The summed E-state index contributed by atoms with van der Waals surface area (Å²) in [4.78, 5) is 7.40. The largest absolute Gasteiger partial charge is 2.00 e. The molecule has 0 spiro atoms. The molecule has 30 valence electrons. The molecule has 0 saturated heterocycles. The summed E-state index contributed by atoms with van der Waals surface area (Å²) < 4.78 is 0. The van der Waals surface area contributed by atoms with Gasteiger partial charge in [-0.05, 0) is 0 Å². The maximum absolute atomic E-state index is 3.74. The zero-order valence-electron chi connectivity index (χ0n) is 5.46. The van der Waals surface area contributed by atoms with Gasteiger partial charge in [-0.25, -0.2) is 4.99 Å². The molecule has 6 heavy (non-hydrogen) atoms. The van der Waals surface area contributed by atoms with Crippen molar-refractivity contribution in [2.45, 2.75) is 0 Å². The van der Waals surface area contributed by atoms with E-state index in [0.717, 1.165) is 6.54 Å². The molecule has 1 aliphatic rings. The van der Waals surface area contributed by atoms with E-state index >= 15 is 0 Å². The van der Waals surface area contributed by atoms with Gasteiger partial charge in [0.25, 0.3) is 0 Å². The summed E-state index contributed by atoms with van der Waals surface area (Å²) in [5, 5.41) is 0. The summed E-state index contributed by atoms with van der Waals surface area (Å²) >= 11 is 0. The fraction of sp³-hybridized carbons (Fsp3) is 0.333. The van der Waals surface area contributed by atoms with Crippen molar-refractivity contribution in [1.29, 1.82) is 0 Å². The van der Waals surface area contributed by atoms with Gasteiger partial charge in [-0.15, -0.1) is 0 Å². The van der Waals surface area contributed by atoms with Crippen LogP contribution in [0.1, 0.15) is 2.85 Å². The molecule has 0 aliphatic carbocycles. The van der Waals surface area contributed by atoms with Gasteiger partial charge in [0.05, 0.1) is 6.54 Å². The first kappa shape index (κ1) is 6.91. The van der Waals surface area contributed by atoms with Gasteiger partial charge in [0.2, 0.25) is 0 Å². The molecule has 0 bridgehead atoms. The van der Waals surface area contributed by atoms with Gasteiger partial charge in [0, 0.05) is 6.21 Å². The Labute approximate surface area is 79.8 Å². The Morgan fingerprint density at radius 3 is 2.67 bits per heavy atom. The van der Waals surface area contributed by atoms with Gasteiger partial charge >= 0.3 is 48.9 Å². The molecular formula is C3H6BaN2. The average Bonchev–Trinajstić information content (AvgIpc) is 1.76. The maximum Gasteiger partial charge on any atom is 2.00 e. The van der Waals surface area contributed by atoms with Crippen molar-refractivity contribution >= 4 is 61.4 Å². The zero-order chi connectivity index (χ0) is 3.54. The van der Waals surface area contributed by atoms with Gasteiger partial charge < -0.3 is 2.85 Å². The summed E-state index contributed by atoms with van der Waals surface area (Å²) in [5.74, 6) is 0. The molecule has 0 aromatic carbocycles. The second kappa shape index (κ2) is 4.08. The standard InChI is InChI=1S/C3H4N2.Ba.2H/c1-2-5-3-4-1;;;/h1,3H,2H2;;;/q;+2;2*-1. The summed E-state index contributed by atoms with van der Waals surface area (Å²) in [5.41, 5.74) is 0. The smallest absolute Gasteiger partial charge is 1.00 e. The van der Waals surface area contributed by atoms with Crippen LogP contribution in [0.3, 0.4) is 0 Å². The Morgan fingerprint density at radius 2 is 2.50 bits per heavy atom. The third kappa shape index (κ3) is 2.15. The van der Waals surface area contributed by atoms with Crippen LogP contribution in [0.4, 0.5) is 0 Å². The van der Waals surface area contributed by atoms with Crippen LogP contribution >= 0.6 is 0 Å². The fourth-order valence-corrected chi connectivity index (χ4v) is 0.236. The SMILES string of the molecule is C1=NC=NC1.[Ba+2].[H-].[H-]. The van der Waals surface area contributed by atoms with Crippen molar-refractivity contribution in [3.8, 4) is 0 Å². The van der Waals surface area contributed by atoms with E-state index in [1.54, 1.807) is 12.6 Å². The van der Waals surface area contributed by atoms with Crippen LogP contribution in [0, 0.1) is 0 Å². The number of rotatable bonds is 0. The molecule has 0 aromatic heterocycles. The van der Waals surface area contributed by atoms with Crippen molar-refractivity contribution in [3.05, 3.63) is 0 Å². The molecule has 1 rings (SSSR count). The molecule has 0 aromatic rings. The molecule has 0 atom stereocenters. The van der Waals surface area contributed by atoms with Gasteiger partial charge in [-0.3, -0.25) is 4.99 Å². The van der Waals surface area contributed by atoms with Crippen LogP contribution in [0.25, 0.3) is 0 Å². The van der Waals surface area contributed by atoms with Crippen molar-refractivity contribution in [3.63, 3.8) is 0 Å². The Kier molecular flexibility index (Phi) is 4.70. The van der Waals surface area contributed by atoms with E-state index in [4.69, 9.17) is 0 Å². The Bertz CT molecular complexity index is 73.4. The quantitative estimate of drug-likeness (QED) is 0.497. The number of hydrogen-bond donors (Lipinski definition) is 0. The van der Waals surface area contributed by atoms with E-state index in [-0.39, 0.29) is 51.7 Å². The minimum Gasteiger partial charge on any atom is -1.00 e. The summed E-state index contributed by atoms with van der Waals surface area (Å²) in [6, 6.07) is 0. The maximum atomic E-state index is 3.74. The van der Waals surface area contributed by atoms with Gasteiger partial charge in [0.15, 0.2) is 0 Å². The monoisotopic (exact) mass is 208 g/mol. The predicted molar refractivity (Wildman–Crippen MR) is 29.8 cm³/mol. The molecule has 2 nitrogen and oxygen atoms in total. The van der Waals surface area contributed by atoms with Crippen LogP contribution in [0.2, 0.25) is 0 Å². The molecule has 1 heterocycles. The zero-order valence-corrected chi connectivity index (χ0v) is 7.90. The molecule has 0 amide bonds. The van der Waals surface area contributed by atoms with E-state index in [9.17, 15) is 0 Å². The predicted octanol–water partition coefficient (Wildman–Crippen LogP) is -0.0567. The fourth-order valence-electron chi connectivity index (χ4n) is 0.236. The van der Waals surface area contributed by atoms with E-state index < -0.39 is 0 Å². The minimum absolute atomic E-state index is 0. The molecule has 0 saturated carbocycles. The van der Waals surface area contributed by atoms with Crippen molar-refractivity contribution in [1.82, 2.24) is 0 Å². The molecule has 3 heteroatoms. The topological polar surface area (TPSA) is 24.7 Å². The first-order valence-corrected chi connectivity index (χ1v) is 1.50. The van der Waals surface area contributed by atoms with E-state index in [1.807, 2.05) is 0 Å². The Balaban J connectivity index is -0.0000000833. The molecule has 0 N–H and O–H groups in total. The summed E-state index contributed by atoms with van der Waals surface area (Å²) in [6.45, 7) is 0.778. The molecule has 0 radical (unpaired) electrons. The Hall–Kier alpha value is 0.911. The van der Waals surface area contributed by atoms with Crippen LogP contribution < -0.4 is 0 Å². The Morgan fingerprint density at radius 1 is 1.67 bits per heavy atom. The minimum atomic E-state index is 0. The molecule has 0 fully saturated rings. The van der Waals surface area contributed by atoms with Crippen LogP contribution in [-0.2, 0) is 0 Å². The van der Waals surface area contributed by atoms with E-state index in [2.05, 4.69) is 9.98 Å². The van der Waals surface area contributed by atoms with Gasteiger partial charge in [0.1, 0.15) is 6.34 Å². The number of hydrogen-bond acceptors (Lipinski definition) is 2. The van der Waals surface area contributed by atoms with E-state index in [0.29, 0.717) is 0 Å². The van der Waals surface area contributed by atoms with E-state index in [1.165, 1.54) is 0 Å². The van der Waals surface area contributed by atoms with Gasteiger partial charge in [-0.1, -0.05) is 0 Å². The second-order valence-electron chi connectivity index (χ2n) is 0.812. The van der Waals surface area contributed by atoms with Crippen molar-refractivity contribution in [2.24, 2.45) is 9.98 Å². The van der Waals surface area contributed by atoms with Crippen LogP contribution in [0.5, 0.6) is 0 Å².